The number of carboxylic acid groups (broad SMARTS) is 1. The molecule has 0 aliphatic rings. The Bertz CT molecular complexity index is 1560. The molecule has 1 N–H and O–H groups in total. The molecule has 4 aromatic rings. The molecular formula is C18H13F5N6O5S. The predicted octanol–water partition coefficient (Wildman–Crippen LogP) is 2.51. The number of aromatic nitrogens is 6. The molecule has 0 radical (unpaired) electrons. The van der Waals surface area contributed by atoms with Gasteiger partial charge in [0.05, 0.1) is 11.9 Å². The highest BCUT2D eigenvalue weighted by atomic mass is 32.2. The first-order valence-corrected chi connectivity index (χ1v) is 11.2. The largest absolute Gasteiger partial charge is 0.477 e. The number of imidazole rings is 1. The van der Waals surface area contributed by atoms with Gasteiger partial charge in [-0.05, 0) is 6.07 Å². The fourth-order valence-corrected chi connectivity index (χ4v) is 4.05. The standard InChI is InChI=1S/C18H13F5N6O5S/c1-2-35(32,33)15-11(13-24-4-3-9(16(30)31)29(13)27-15)12-26-7-10-14(25-5-6-28(10)12)34-8-17(19,20)18(21,22)23/h3-7H,2,8H2,1H3,(H,30,31). The summed E-state index contributed by atoms with van der Waals surface area (Å²) in [5.41, 5.74) is -0.996. The zero-order valence-corrected chi connectivity index (χ0v) is 18.2. The van der Waals surface area contributed by atoms with Crippen molar-refractivity contribution in [2.75, 3.05) is 12.4 Å². The maximum Gasteiger partial charge on any atom is 0.456 e. The van der Waals surface area contributed by atoms with Gasteiger partial charge in [0.1, 0.15) is 11.1 Å². The van der Waals surface area contributed by atoms with Gasteiger partial charge in [0, 0.05) is 18.6 Å². The number of fused-ring (bicyclic) bond motifs is 2. The van der Waals surface area contributed by atoms with Crippen molar-refractivity contribution in [3.05, 3.63) is 36.5 Å². The van der Waals surface area contributed by atoms with Crippen LogP contribution in [0.25, 0.3) is 22.6 Å². The quantitative estimate of drug-likeness (QED) is 0.364. The number of nitrogens with zero attached hydrogens (tertiary/aromatic N) is 6. The van der Waals surface area contributed by atoms with E-state index in [2.05, 4.69) is 24.8 Å². The summed E-state index contributed by atoms with van der Waals surface area (Å²) in [7, 11) is -4.07. The topological polar surface area (TPSA) is 141 Å². The van der Waals surface area contributed by atoms with Gasteiger partial charge in [-0.2, -0.15) is 27.1 Å². The van der Waals surface area contributed by atoms with Crippen LogP contribution >= 0.6 is 0 Å². The Morgan fingerprint density at radius 2 is 1.86 bits per heavy atom. The molecule has 35 heavy (non-hydrogen) atoms. The lowest BCUT2D eigenvalue weighted by molar-refractivity contribution is -0.290. The summed E-state index contributed by atoms with van der Waals surface area (Å²) in [6, 6.07) is 1.09. The van der Waals surface area contributed by atoms with Crippen LogP contribution in [-0.2, 0) is 9.84 Å². The third-order valence-electron chi connectivity index (χ3n) is 4.83. The van der Waals surface area contributed by atoms with Gasteiger partial charge in [0.15, 0.2) is 38.6 Å². The van der Waals surface area contributed by atoms with Crippen LogP contribution < -0.4 is 4.74 Å². The third-order valence-corrected chi connectivity index (χ3v) is 6.47. The summed E-state index contributed by atoms with van der Waals surface area (Å²) >= 11 is 0. The van der Waals surface area contributed by atoms with Gasteiger partial charge in [0.25, 0.3) is 0 Å². The number of aromatic carboxylic acids is 1. The minimum absolute atomic E-state index is 0.172. The first kappa shape index (κ1) is 24.2. The smallest absolute Gasteiger partial charge is 0.456 e. The Balaban J connectivity index is 1.92. The zero-order valence-electron chi connectivity index (χ0n) is 17.4. The predicted molar refractivity (Wildman–Crippen MR) is 106 cm³/mol. The molecular weight excluding hydrogens is 507 g/mol. The monoisotopic (exact) mass is 520 g/mol. The van der Waals surface area contributed by atoms with Crippen molar-refractivity contribution in [3.63, 3.8) is 0 Å². The van der Waals surface area contributed by atoms with Crippen molar-refractivity contribution in [1.29, 1.82) is 0 Å². The number of alkyl halides is 5. The molecule has 0 saturated heterocycles. The van der Waals surface area contributed by atoms with Crippen LogP contribution in [0.1, 0.15) is 17.4 Å². The molecule has 4 aromatic heterocycles. The van der Waals surface area contributed by atoms with Crippen LogP contribution in [0, 0.1) is 0 Å². The zero-order chi connectivity index (χ0) is 25.8. The van der Waals surface area contributed by atoms with E-state index in [-0.39, 0.29) is 22.6 Å². The summed E-state index contributed by atoms with van der Waals surface area (Å²) in [5, 5.41) is 12.8. The van der Waals surface area contributed by atoms with Crippen LogP contribution in [0.4, 0.5) is 22.0 Å². The second-order valence-electron chi connectivity index (χ2n) is 7.01. The molecule has 11 nitrogen and oxygen atoms in total. The number of halogens is 5. The van der Waals surface area contributed by atoms with Crippen molar-refractivity contribution >= 4 is 27.0 Å². The number of hydrogen-bond donors (Lipinski definition) is 1. The first-order chi connectivity index (χ1) is 16.3. The second kappa shape index (κ2) is 8.10. The molecule has 0 aromatic carbocycles. The van der Waals surface area contributed by atoms with Gasteiger partial charge in [-0.25, -0.2) is 32.7 Å². The maximum absolute atomic E-state index is 13.3. The van der Waals surface area contributed by atoms with Crippen LogP contribution in [0.3, 0.4) is 0 Å². The summed E-state index contributed by atoms with van der Waals surface area (Å²) in [6.45, 7) is -0.728. The average molecular weight is 520 g/mol. The minimum Gasteiger partial charge on any atom is -0.477 e. The van der Waals surface area contributed by atoms with Crippen molar-refractivity contribution in [2.24, 2.45) is 0 Å². The molecule has 186 valence electrons. The lowest BCUT2D eigenvalue weighted by atomic mass is 10.3. The van der Waals surface area contributed by atoms with Crippen LogP contribution in [-0.4, -0.2) is 72.9 Å². The van der Waals surface area contributed by atoms with Gasteiger partial charge in [-0.1, -0.05) is 6.92 Å². The van der Waals surface area contributed by atoms with E-state index in [1.807, 2.05) is 0 Å². The fourth-order valence-electron chi connectivity index (χ4n) is 3.08. The molecule has 0 spiro atoms. The highest BCUT2D eigenvalue weighted by Crippen LogP contribution is 2.37. The number of ether oxygens (including phenoxy) is 1. The number of carboxylic acids is 1. The van der Waals surface area contributed by atoms with Gasteiger partial charge >= 0.3 is 18.1 Å². The summed E-state index contributed by atoms with van der Waals surface area (Å²) < 4.78 is 96.1. The van der Waals surface area contributed by atoms with Crippen molar-refractivity contribution in [2.45, 2.75) is 24.0 Å². The number of hydrogen-bond acceptors (Lipinski definition) is 8. The highest BCUT2D eigenvalue weighted by Gasteiger charge is 2.58. The van der Waals surface area contributed by atoms with E-state index in [0.717, 1.165) is 33.6 Å². The summed E-state index contributed by atoms with van der Waals surface area (Å²) in [4.78, 5) is 23.3. The molecule has 4 heterocycles. The van der Waals surface area contributed by atoms with E-state index in [1.165, 1.54) is 13.1 Å². The molecule has 4 rings (SSSR count). The fraction of sp³-hybridized carbons (Fsp3) is 0.278. The average Bonchev–Trinajstić information content (AvgIpc) is 3.38. The number of sulfone groups is 1. The van der Waals surface area contributed by atoms with Crippen molar-refractivity contribution < 1.29 is 45.0 Å². The molecule has 0 aliphatic heterocycles. The molecule has 0 atom stereocenters. The lowest BCUT2D eigenvalue weighted by Crippen LogP contribution is -2.41. The van der Waals surface area contributed by atoms with E-state index in [4.69, 9.17) is 0 Å². The molecule has 17 heteroatoms. The Morgan fingerprint density at radius 1 is 1.14 bits per heavy atom. The van der Waals surface area contributed by atoms with E-state index >= 15 is 0 Å². The number of carbonyl (C=O) groups is 1. The van der Waals surface area contributed by atoms with Gasteiger partial charge < -0.3 is 9.84 Å². The second-order valence-corrected chi connectivity index (χ2v) is 9.21. The van der Waals surface area contributed by atoms with Crippen LogP contribution in [0.15, 0.2) is 35.9 Å². The Morgan fingerprint density at radius 3 is 2.49 bits per heavy atom. The Kier molecular flexibility index (Phi) is 5.61. The highest BCUT2D eigenvalue weighted by molar-refractivity contribution is 7.91. The van der Waals surface area contributed by atoms with E-state index in [9.17, 15) is 40.3 Å². The summed E-state index contributed by atoms with van der Waals surface area (Å²) in [6.07, 6.45) is -1.50. The molecule has 0 aliphatic carbocycles. The van der Waals surface area contributed by atoms with Gasteiger partial charge in [-0.3, -0.25) is 4.40 Å². The minimum atomic E-state index is -5.85. The van der Waals surface area contributed by atoms with E-state index in [1.54, 1.807) is 0 Å². The SMILES string of the molecule is CCS(=O)(=O)c1nn2c(C(=O)O)ccnc2c1-c1ncc2c(OCC(F)(F)C(F)(F)F)nccn12. The molecule has 0 fully saturated rings. The molecule has 0 unspecified atom stereocenters. The molecule has 0 saturated carbocycles. The number of rotatable bonds is 7. The van der Waals surface area contributed by atoms with Crippen molar-refractivity contribution in [3.8, 4) is 17.3 Å². The summed E-state index contributed by atoms with van der Waals surface area (Å²) in [5.74, 6) is -7.81. The lowest BCUT2D eigenvalue weighted by Gasteiger charge is -2.19. The van der Waals surface area contributed by atoms with Gasteiger partial charge in [0.2, 0.25) is 5.88 Å². The van der Waals surface area contributed by atoms with Crippen LogP contribution in [0.2, 0.25) is 0 Å². The molecule has 0 amide bonds. The van der Waals surface area contributed by atoms with E-state index < -0.39 is 56.9 Å². The third kappa shape index (κ3) is 4.00. The van der Waals surface area contributed by atoms with Gasteiger partial charge in [-0.15, -0.1) is 0 Å². The van der Waals surface area contributed by atoms with Crippen molar-refractivity contribution in [1.82, 2.24) is 29.0 Å². The molecule has 0 bridgehead atoms. The normalized spacial score (nSPS) is 13.0. The Labute approximate surface area is 191 Å². The maximum atomic E-state index is 13.3. The van der Waals surface area contributed by atoms with Crippen LogP contribution in [0.5, 0.6) is 5.88 Å². The van der Waals surface area contributed by atoms with E-state index in [0.29, 0.717) is 0 Å². The Hall–Kier alpha value is -3.89. The first-order valence-electron chi connectivity index (χ1n) is 9.52.